The van der Waals surface area contributed by atoms with Crippen LogP contribution in [0.25, 0.3) is 0 Å². The highest BCUT2D eigenvalue weighted by Crippen LogP contribution is 2.31. The van der Waals surface area contributed by atoms with Crippen molar-refractivity contribution in [3.63, 3.8) is 0 Å². The second-order valence-corrected chi connectivity index (χ2v) is 4.73. The maximum absolute atomic E-state index is 11.9. The first kappa shape index (κ1) is 11.9. The molecule has 1 aromatic carbocycles. The van der Waals surface area contributed by atoms with E-state index < -0.39 is 0 Å². The van der Waals surface area contributed by atoms with Gasteiger partial charge in [-0.3, -0.25) is 4.79 Å². The summed E-state index contributed by atoms with van der Waals surface area (Å²) in [5.41, 5.74) is 8.18. The zero-order valence-electron chi connectivity index (χ0n) is 10.6. The lowest BCUT2D eigenvalue weighted by atomic mass is 10.1. The fourth-order valence-electron chi connectivity index (χ4n) is 2.40. The SMILES string of the molecule is Cn1ccnc(OC2Cc3ccccc3C2N)c1=O. The molecule has 0 radical (unpaired) electrons. The molecular formula is C14H15N3O2. The second kappa shape index (κ2) is 4.51. The molecule has 0 spiro atoms. The third-order valence-corrected chi connectivity index (χ3v) is 3.48. The highest BCUT2D eigenvalue weighted by molar-refractivity contribution is 5.36. The largest absolute Gasteiger partial charge is 0.468 e. The van der Waals surface area contributed by atoms with Gasteiger partial charge in [0.15, 0.2) is 0 Å². The van der Waals surface area contributed by atoms with E-state index in [1.165, 1.54) is 10.1 Å². The van der Waals surface area contributed by atoms with Crippen LogP contribution in [0.5, 0.6) is 5.88 Å². The number of aromatic nitrogens is 2. The molecule has 2 aromatic rings. The van der Waals surface area contributed by atoms with E-state index in [9.17, 15) is 4.79 Å². The monoisotopic (exact) mass is 257 g/mol. The predicted molar refractivity (Wildman–Crippen MR) is 71.0 cm³/mol. The molecule has 1 aliphatic carbocycles. The molecule has 1 aliphatic rings. The molecule has 1 aromatic heterocycles. The van der Waals surface area contributed by atoms with Crippen LogP contribution in [-0.2, 0) is 13.5 Å². The second-order valence-electron chi connectivity index (χ2n) is 4.73. The minimum atomic E-state index is -0.245. The summed E-state index contributed by atoms with van der Waals surface area (Å²) in [7, 11) is 1.67. The van der Waals surface area contributed by atoms with Gasteiger partial charge in [0.05, 0.1) is 6.04 Å². The molecule has 0 saturated carbocycles. The van der Waals surface area contributed by atoms with Crippen molar-refractivity contribution < 1.29 is 4.74 Å². The van der Waals surface area contributed by atoms with Crippen molar-refractivity contribution in [3.05, 3.63) is 58.1 Å². The number of aryl methyl sites for hydroxylation is 1. The maximum atomic E-state index is 11.9. The number of hydrogen-bond acceptors (Lipinski definition) is 4. The number of hydrogen-bond donors (Lipinski definition) is 1. The lowest BCUT2D eigenvalue weighted by Crippen LogP contribution is -2.31. The first-order chi connectivity index (χ1) is 9.16. The molecule has 1 heterocycles. The molecule has 0 fully saturated rings. The van der Waals surface area contributed by atoms with Crippen molar-refractivity contribution >= 4 is 0 Å². The average molecular weight is 257 g/mol. The van der Waals surface area contributed by atoms with E-state index in [1.54, 1.807) is 19.4 Å². The standard InChI is InChI=1S/C14H15N3O2/c1-17-7-6-16-13(14(17)18)19-11-8-9-4-2-3-5-10(9)12(11)15/h2-7,11-12H,8,15H2,1H3. The summed E-state index contributed by atoms with van der Waals surface area (Å²) in [5.74, 6) is 0.109. The molecule has 3 rings (SSSR count). The van der Waals surface area contributed by atoms with Crippen LogP contribution in [-0.4, -0.2) is 15.7 Å². The third-order valence-electron chi connectivity index (χ3n) is 3.48. The van der Waals surface area contributed by atoms with Gasteiger partial charge in [-0.25, -0.2) is 4.98 Å². The first-order valence-electron chi connectivity index (χ1n) is 6.18. The van der Waals surface area contributed by atoms with Crippen LogP contribution in [0.4, 0.5) is 0 Å². The van der Waals surface area contributed by atoms with Gasteiger partial charge >= 0.3 is 5.56 Å². The lowest BCUT2D eigenvalue weighted by molar-refractivity contribution is 0.173. The van der Waals surface area contributed by atoms with Crippen molar-refractivity contribution in [1.29, 1.82) is 0 Å². The Morgan fingerprint density at radius 1 is 1.42 bits per heavy atom. The maximum Gasteiger partial charge on any atom is 0.313 e. The van der Waals surface area contributed by atoms with E-state index in [1.807, 2.05) is 24.3 Å². The van der Waals surface area contributed by atoms with E-state index in [-0.39, 0.29) is 23.6 Å². The van der Waals surface area contributed by atoms with E-state index in [4.69, 9.17) is 10.5 Å². The molecule has 0 amide bonds. The average Bonchev–Trinajstić information content (AvgIpc) is 2.73. The van der Waals surface area contributed by atoms with Gasteiger partial charge in [0, 0.05) is 25.9 Å². The van der Waals surface area contributed by atoms with Crippen LogP contribution in [0, 0.1) is 0 Å². The van der Waals surface area contributed by atoms with Crippen LogP contribution < -0.4 is 16.0 Å². The normalized spacial score (nSPS) is 21.2. The molecule has 5 heteroatoms. The van der Waals surface area contributed by atoms with Crippen molar-refractivity contribution in [3.8, 4) is 5.88 Å². The van der Waals surface area contributed by atoms with Gasteiger partial charge in [-0.05, 0) is 11.1 Å². The molecule has 98 valence electrons. The van der Waals surface area contributed by atoms with Gasteiger partial charge in [0.2, 0.25) is 0 Å². The number of ether oxygens (including phenoxy) is 1. The van der Waals surface area contributed by atoms with Crippen LogP contribution in [0.2, 0.25) is 0 Å². The number of nitrogens with zero attached hydrogens (tertiary/aromatic N) is 2. The molecule has 0 bridgehead atoms. The quantitative estimate of drug-likeness (QED) is 0.863. The van der Waals surface area contributed by atoms with Crippen molar-refractivity contribution in [2.75, 3.05) is 0 Å². The third kappa shape index (κ3) is 2.02. The number of benzene rings is 1. The van der Waals surface area contributed by atoms with Crippen LogP contribution >= 0.6 is 0 Å². The van der Waals surface area contributed by atoms with Crippen molar-refractivity contribution in [2.24, 2.45) is 12.8 Å². The Morgan fingerprint density at radius 2 is 2.21 bits per heavy atom. The smallest absolute Gasteiger partial charge is 0.313 e. The Morgan fingerprint density at radius 3 is 3.00 bits per heavy atom. The Kier molecular flexibility index (Phi) is 2.83. The zero-order chi connectivity index (χ0) is 13.4. The minimum absolute atomic E-state index is 0.109. The van der Waals surface area contributed by atoms with Crippen LogP contribution in [0.3, 0.4) is 0 Å². The Bertz CT molecular complexity index is 666. The summed E-state index contributed by atoms with van der Waals surface area (Å²) in [4.78, 5) is 15.9. The summed E-state index contributed by atoms with van der Waals surface area (Å²) < 4.78 is 7.15. The summed E-state index contributed by atoms with van der Waals surface area (Å²) in [6.07, 6.45) is 3.61. The first-order valence-corrected chi connectivity index (χ1v) is 6.18. The fourth-order valence-corrected chi connectivity index (χ4v) is 2.40. The fraction of sp³-hybridized carbons (Fsp3) is 0.286. The number of nitrogens with two attached hydrogens (primary N) is 1. The summed E-state index contributed by atoms with van der Waals surface area (Å²) in [6, 6.07) is 7.76. The van der Waals surface area contributed by atoms with Gasteiger partial charge in [-0.15, -0.1) is 0 Å². The van der Waals surface area contributed by atoms with Crippen molar-refractivity contribution in [2.45, 2.75) is 18.6 Å². The molecular weight excluding hydrogens is 242 g/mol. The van der Waals surface area contributed by atoms with E-state index in [0.29, 0.717) is 6.42 Å². The van der Waals surface area contributed by atoms with Crippen molar-refractivity contribution in [1.82, 2.24) is 9.55 Å². The van der Waals surface area contributed by atoms with E-state index in [0.717, 1.165) is 5.56 Å². The van der Waals surface area contributed by atoms with E-state index in [2.05, 4.69) is 4.98 Å². The van der Waals surface area contributed by atoms with Gasteiger partial charge in [0.1, 0.15) is 6.10 Å². The van der Waals surface area contributed by atoms with Gasteiger partial charge in [-0.2, -0.15) is 0 Å². The Hall–Kier alpha value is -2.14. The predicted octanol–water partition coefficient (Wildman–Crippen LogP) is 0.784. The Labute approximate surface area is 110 Å². The number of rotatable bonds is 2. The highest BCUT2D eigenvalue weighted by atomic mass is 16.5. The molecule has 2 unspecified atom stereocenters. The summed E-state index contributed by atoms with van der Waals surface area (Å²) in [6.45, 7) is 0. The number of fused-ring (bicyclic) bond motifs is 1. The minimum Gasteiger partial charge on any atom is -0.468 e. The molecule has 0 aliphatic heterocycles. The lowest BCUT2D eigenvalue weighted by Gasteiger charge is -2.17. The molecule has 5 nitrogen and oxygen atoms in total. The molecule has 0 saturated heterocycles. The molecule has 19 heavy (non-hydrogen) atoms. The van der Waals surface area contributed by atoms with E-state index >= 15 is 0 Å². The van der Waals surface area contributed by atoms with Crippen LogP contribution in [0.15, 0.2) is 41.5 Å². The summed E-state index contributed by atoms with van der Waals surface area (Å²) >= 11 is 0. The van der Waals surface area contributed by atoms with Gasteiger partial charge < -0.3 is 15.0 Å². The summed E-state index contributed by atoms with van der Waals surface area (Å²) in [5, 5.41) is 0. The zero-order valence-corrected chi connectivity index (χ0v) is 10.6. The molecule has 2 N–H and O–H groups in total. The highest BCUT2D eigenvalue weighted by Gasteiger charge is 2.31. The van der Waals surface area contributed by atoms with Crippen LogP contribution in [0.1, 0.15) is 17.2 Å². The van der Waals surface area contributed by atoms with Gasteiger partial charge in [-0.1, -0.05) is 24.3 Å². The Balaban J connectivity index is 1.87. The van der Waals surface area contributed by atoms with Gasteiger partial charge in [0.25, 0.3) is 5.88 Å². The molecule has 2 atom stereocenters. The topological polar surface area (TPSA) is 70.1 Å².